The molecule has 0 fully saturated rings. The van der Waals surface area contributed by atoms with Gasteiger partial charge in [-0.2, -0.15) is 17.9 Å². The average Bonchev–Trinajstić information content (AvgIpc) is 2.14. The van der Waals surface area contributed by atoms with E-state index in [9.17, 15) is 8.42 Å². The second-order valence-corrected chi connectivity index (χ2v) is 4.87. The fourth-order valence-electron chi connectivity index (χ4n) is 0.850. The second-order valence-electron chi connectivity index (χ2n) is 2.87. The zero-order valence-corrected chi connectivity index (χ0v) is 10.5. The van der Waals surface area contributed by atoms with Crippen molar-refractivity contribution >= 4 is 27.4 Å². The Labute approximate surface area is 95.7 Å². The van der Waals surface area contributed by atoms with Crippen molar-refractivity contribution < 1.29 is 13.2 Å². The van der Waals surface area contributed by atoms with Crippen molar-refractivity contribution in [1.82, 2.24) is 9.44 Å². The summed E-state index contributed by atoms with van der Waals surface area (Å²) in [4.78, 5) is 0.134. The van der Waals surface area contributed by atoms with E-state index >= 15 is 0 Å². The first kappa shape index (κ1) is 14.7. The minimum absolute atomic E-state index is 0.134. The first-order valence-corrected chi connectivity index (χ1v) is 6.37. The fraction of sp³-hybridized carbons (Fsp3) is 0.857. The van der Waals surface area contributed by atoms with Crippen LogP contribution in [0, 0.1) is 0 Å². The number of methoxy groups -OCH3 is 1. The molecule has 1 atom stereocenters. The number of ether oxygens (including phenoxy) is 1. The van der Waals surface area contributed by atoms with Crippen LogP contribution in [0.25, 0.3) is 0 Å². The molecule has 0 saturated carbocycles. The predicted octanol–water partition coefficient (Wildman–Crippen LogP) is -0.878. The number of thiocarbonyl (C=S) groups is 1. The SMILES string of the molecule is CCC(NS(=O)(=O)NCCOC)C(N)=S. The van der Waals surface area contributed by atoms with Gasteiger partial charge in [0.1, 0.15) is 0 Å². The topological polar surface area (TPSA) is 93.5 Å². The van der Waals surface area contributed by atoms with E-state index in [0.29, 0.717) is 13.0 Å². The average molecular weight is 255 g/mol. The molecule has 1 unspecified atom stereocenters. The van der Waals surface area contributed by atoms with Gasteiger partial charge in [-0.1, -0.05) is 19.1 Å². The maximum Gasteiger partial charge on any atom is 0.277 e. The highest BCUT2D eigenvalue weighted by molar-refractivity contribution is 7.87. The summed E-state index contributed by atoms with van der Waals surface area (Å²) in [6.45, 7) is 2.31. The summed E-state index contributed by atoms with van der Waals surface area (Å²) in [5.41, 5.74) is 5.36. The molecule has 0 spiro atoms. The highest BCUT2D eigenvalue weighted by Crippen LogP contribution is 1.93. The molecule has 6 nitrogen and oxygen atoms in total. The van der Waals surface area contributed by atoms with Gasteiger partial charge in [-0.3, -0.25) is 0 Å². The van der Waals surface area contributed by atoms with Crippen molar-refractivity contribution in [2.75, 3.05) is 20.3 Å². The third kappa shape index (κ3) is 6.74. The van der Waals surface area contributed by atoms with Crippen molar-refractivity contribution in [2.45, 2.75) is 19.4 Å². The van der Waals surface area contributed by atoms with Gasteiger partial charge < -0.3 is 10.5 Å². The van der Waals surface area contributed by atoms with E-state index in [4.69, 9.17) is 22.7 Å². The minimum atomic E-state index is -3.56. The monoisotopic (exact) mass is 255 g/mol. The third-order valence-electron chi connectivity index (χ3n) is 1.65. The molecule has 90 valence electrons. The van der Waals surface area contributed by atoms with E-state index in [1.165, 1.54) is 7.11 Å². The van der Waals surface area contributed by atoms with Gasteiger partial charge in [-0.05, 0) is 6.42 Å². The quantitative estimate of drug-likeness (QED) is 0.387. The Morgan fingerprint density at radius 3 is 2.60 bits per heavy atom. The van der Waals surface area contributed by atoms with Crippen LogP contribution in [0.2, 0.25) is 0 Å². The van der Waals surface area contributed by atoms with Crippen LogP contribution in [0.15, 0.2) is 0 Å². The third-order valence-corrected chi connectivity index (χ3v) is 3.11. The van der Waals surface area contributed by atoms with Crippen molar-refractivity contribution in [3.63, 3.8) is 0 Å². The lowest BCUT2D eigenvalue weighted by Gasteiger charge is -2.15. The Hall–Kier alpha value is -0.280. The van der Waals surface area contributed by atoms with E-state index in [1.54, 1.807) is 6.92 Å². The molecular formula is C7H17N3O3S2. The molecular weight excluding hydrogens is 238 g/mol. The number of hydrogen-bond acceptors (Lipinski definition) is 4. The standard InChI is InChI=1S/C7H17N3O3S2/c1-3-6(7(8)14)10-15(11,12)9-4-5-13-2/h6,9-10H,3-5H2,1-2H3,(H2,8,14). The highest BCUT2D eigenvalue weighted by atomic mass is 32.2. The van der Waals surface area contributed by atoms with E-state index < -0.39 is 16.3 Å². The van der Waals surface area contributed by atoms with Crippen LogP contribution >= 0.6 is 12.2 Å². The summed E-state index contributed by atoms with van der Waals surface area (Å²) in [6, 6.07) is -0.514. The van der Waals surface area contributed by atoms with Crippen LogP contribution in [0.3, 0.4) is 0 Å². The minimum Gasteiger partial charge on any atom is -0.392 e. The molecule has 0 aromatic carbocycles. The predicted molar refractivity (Wildman–Crippen MR) is 62.8 cm³/mol. The number of hydrogen-bond donors (Lipinski definition) is 3. The lowest BCUT2D eigenvalue weighted by Crippen LogP contribution is -2.48. The Morgan fingerprint density at radius 2 is 2.20 bits per heavy atom. The molecule has 0 aliphatic rings. The first-order valence-electron chi connectivity index (χ1n) is 4.48. The van der Waals surface area contributed by atoms with Gasteiger partial charge in [0.25, 0.3) is 10.2 Å². The molecule has 15 heavy (non-hydrogen) atoms. The zero-order chi connectivity index (χ0) is 11.9. The summed E-state index contributed by atoms with van der Waals surface area (Å²) in [7, 11) is -2.07. The summed E-state index contributed by atoms with van der Waals surface area (Å²) in [6.07, 6.45) is 0.514. The van der Waals surface area contributed by atoms with Crippen LogP contribution < -0.4 is 15.2 Å². The van der Waals surface area contributed by atoms with Crippen LogP contribution in [0.4, 0.5) is 0 Å². The molecule has 0 radical (unpaired) electrons. The molecule has 0 saturated heterocycles. The van der Waals surface area contributed by atoms with Crippen molar-refractivity contribution in [2.24, 2.45) is 5.73 Å². The molecule has 0 heterocycles. The van der Waals surface area contributed by atoms with Crippen LogP contribution in [0.1, 0.15) is 13.3 Å². The zero-order valence-electron chi connectivity index (χ0n) is 8.82. The second kappa shape index (κ2) is 7.07. The van der Waals surface area contributed by atoms with Gasteiger partial charge in [0, 0.05) is 13.7 Å². The molecule has 0 aromatic heterocycles. The van der Waals surface area contributed by atoms with Gasteiger partial charge in [-0.25, -0.2) is 0 Å². The normalized spacial score (nSPS) is 13.7. The van der Waals surface area contributed by atoms with Gasteiger partial charge in [-0.15, -0.1) is 0 Å². The van der Waals surface area contributed by atoms with E-state index in [0.717, 1.165) is 0 Å². The van der Waals surface area contributed by atoms with Crippen LogP contribution in [-0.4, -0.2) is 39.7 Å². The molecule has 0 aliphatic heterocycles. The summed E-state index contributed by atoms with van der Waals surface area (Å²) in [5.74, 6) is 0. The summed E-state index contributed by atoms with van der Waals surface area (Å²) in [5, 5.41) is 0. The van der Waals surface area contributed by atoms with Crippen LogP contribution in [-0.2, 0) is 14.9 Å². The van der Waals surface area contributed by atoms with E-state index in [-0.39, 0.29) is 11.5 Å². The molecule has 0 rings (SSSR count). The number of nitrogens with one attached hydrogen (secondary N) is 2. The van der Waals surface area contributed by atoms with Crippen LogP contribution in [0.5, 0.6) is 0 Å². The highest BCUT2D eigenvalue weighted by Gasteiger charge is 2.17. The molecule has 0 bridgehead atoms. The molecule has 0 aliphatic carbocycles. The number of nitrogens with two attached hydrogens (primary N) is 1. The molecule has 4 N–H and O–H groups in total. The molecule has 0 aromatic rings. The Bertz CT molecular complexity index is 292. The molecule has 0 amide bonds. The maximum atomic E-state index is 11.4. The molecule has 8 heteroatoms. The van der Waals surface area contributed by atoms with Gasteiger partial charge in [0.15, 0.2) is 0 Å². The summed E-state index contributed by atoms with van der Waals surface area (Å²) >= 11 is 4.72. The lowest BCUT2D eigenvalue weighted by atomic mass is 10.2. The Balaban J connectivity index is 4.17. The smallest absolute Gasteiger partial charge is 0.277 e. The first-order chi connectivity index (χ1) is 6.93. The van der Waals surface area contributed by atoms with Gasteiger partial charge in [0.2, 0.25) is 0 Å². The summed E-state index contributed by atoms with van der Waals surface area (Å²) < 4.78 is 32.1. The van der Waals surface area contributed by atoms with E-state index in [1.807, 2.05) is 0 Å². The van der Waals surface area contributed by atoms with E-state index in [2.05, 4.69) is 9.44 Å². The van der Waals surface area contributed by atoms with Crippen molar-refractivity contribution in [3.8, 4) is 0 Å². The number of rotatable bonds is 8. The van der Waals surface area contributed by atoms with Gasteiger partial charge in [0.05, 0.1) is 17.6 Å². The Kier molecular flexibility index (Phi) is 6.94. The largest absolute Gasteiger partial charge is 0.392 e. The maximum absolute atomic E-state index is 11.4. The van der Waals surface area contributed by atoms with Gasteiger partial charge >= 0.3 is 0 Å². The van der Waals surface area contributed by atoms with Crippen molar-refractivity contribution in [1.29, 1.82) is 0 Å². The lowest BCUT2D eigenvalue weighted by molar-refractivity contribution is 0.204. The fourth-order valence-corrected chi connectivity index (χ4v) is 2.25. The Morgan fingerprint density at radius 1 is 1.60 bits per heavy atom. The van der Waals surface area contributed by atoms with Crippen molar-refractivity contribution in [3.05, 3.63) is 0 Å².